The summed E-state index contributed by atoms with van der Waals surface area (Å²) in [5, 5.41) is 21.2. The topological polar surface area (TPSA) is 112 Å². The average Bonchev–Trinajstić information content (AvgIpc) is 2.50. The first-order valence-electron chi connectivity index (χ1n) is 6.78. The molecule has 2 rings (SSSR count). The molecule has 0 amide bonds. The van der Waals surface area contributed by atoms with Crippen LogP contribution in [0.2, 0.25) is 0 Å². The van der Waals surface area contributed by atoms with Gasteiger partial charge in [-0.25, -0.2) is 5.43 Å². The molecule has 2 aromatic rings. The molecule has 22 heavy (non-hydrogen) atoms. The lowest BCUT2D eigenvalue weighted by molar-refractivity contribution is 0.315. The van der Waals surface area contributed by atoms with Crippen molar-refractivity contribution < 1.29 is 9.84 Å². The van der Waals surface area contributed by atoms with E-state index in [1.165, 1.54) is 12.3 Å². The van der Waals surface area contributed by atoms with Gasteiger partial charge in [0, 0.05) is 11.6 Å². The number of ether oxygens (including phenoxy) is 1. The zero-order chi connectivity index (χ0) is 15.9. The monoisotopic (exact) mass is 303 g/mol. The Morgan fingerprint density at radius 3 is 2.95 bits per heavy atom. The molecule has 0 saturated carbocycles. The smallest absolute Gasteiger partial charge is 0.274 e. The second kappa shape index (κ2) is 7.21. The van der Waals surface area contributed by atoms with Gasteiger partial charge in [-0.3, -0.25) is 9.78 Å². The van der Waals surface area contributed by atoms with Crippen molar-refractivity contribution in [3.05, 3.63) is 39.8 Å². The van der Waals surface area contributed by atoms with Crippen LogP contribution in [0.4, 0.5) is 5.95 Å². The van der Waals surface area contributed by atoms with Crippen LogP contribution in [0.1, 0.15) is 24.6 Å². The number of anilines is 1. The molecule has 1 aromatic carbocycles. The van der Waals surface area contributed by atoms with Crippen LogP contribution in [-0.2, 0) is 0 Å². The minimum Gasteiger partial charge on any atom is -0.507 e. The van der Waals surface area contributed by atoms with Gasteiger partial charge in [0.1, 0.15) is 17.2 Å². The molecule has 0 fully saturated rings. The van der Waals surface area contributed by atoms with E-state index in [0.29, 0.717) is 17.9 Å². The molecule has 1 heterocycles. The summed E-state index contributed by atoms with van der Waals surface area (Å²) in [6.07, 6.45) is 2.29. The van der Waals surface area contributed by atoms with Gasteiger partial charge in [0.25, 0.3) is 5.56 Å². The Labute approximate surface area is 126 Å². The van der Waals surface area contributed by atoms with Gasteiger partial charge in [-0.1, -0.05) is 6.92 Å². The fourth-order valence-corrected chi connectivity index (χ4v) is 1.55. The SMILES string of the molecule is CCCOc1ccc(/C=N/Nc2nnc(C)c(=O)[nH]2)c(O)c1. The van der Waals surface area contributed by atoms with Crippen LogP contribution in [0, 0.1) is 6.92 Å². The summed E-state index contributed by atoms with van der Waals surface area (Å²) in [4.78, 5) is 13.8. The van der Waals surface area contributed by atoms with E-state index in [4.69, 9.17) is 4.74 Å². The lowest BCUT2D eigenvalue weighted by atomic mass is 10.2. The van der Waals surface area contributed by atoms with Crippen molar-refractivity contribution in [1.82, 2.24) is 15.2 Å². The predicted octanol–water partition coefficient (Wildman–Crippen LogP) is 1.41. The van der Waals surface area contributed by atoms with Crippen molar-refractivity contribution >= 4 is 12.2 Å². The Bertz CT molecular complexity index is 727. The number of hydrogen-bond acceptors (Lipinski definition) is 7. The zero-order valence-corrected chi connectivity index (χ0v) is 12.3. The summed E-state index contributed by atoms with van der Waals surface area (Å²) in [5.41, 5.74) is 2.97. The van der Waals surface area contributed by atoms with Gasteiger partial charge in [0.05, 0.1) is 12.8 Å². The fourth-order valence-electron chi connectivity index (χ4n) is 1.55. The van der Waals surface area contributed by atoms with Gasteiger partial charge >= 0.3 is 0 Å². The van der Waals surface area contributed by atoms with Gasteiger partial charge in [-0.05, 0) is 25.5 Å². The molecule has 116 valence electrons. The third-order valence-corrected chi connectivity index (χ3v) is 2.71. The third-order valence-electron chi connectivity index (χ3n) is 2.71. The van der Waals surface area contributed by atoms with E-state index in [1.807, 2.05) is 6.92 Å². The van der Waals surface area contributed by atoms with Gasteiger partial charge in [0.2, 0.25) is 5.95 Å². The van der Waals surface area contributed by atoms with Crippen molar-refractivity contribution in [2.45, 2.75) is 20.3 Å². The number of nitrogens with one attached hydrogen (secondary N) is 2. The second-order valence-corrected chi connectivity index (χ2v) is 4.53. The van der Waals surface area contributed by atoms with Crippen molar-refractivity contribution in [3.63, 3.8) is 0 Å². The molecular weight excluding hydrogens is 286 g/mol. The summed E-state index contributed by atoms with van der Waals surface area (Å²) in [6, 6.07) is 4.93. The maximum Gasteiger partial charge on any atom is 0.274 e. The molecule has 0 aliphatic rings. The first-order chi connectivity index (χ1) is 10.6. The fraction of sp³-hybridized carbons (Fsp3) is 0.286. The van der Waals surface area contributed by atoms with Crippen molar-refractivity contribution in [1.29, 1.82) is 0 Å². The molecule has 3 N–H and O–H groups in total. The highest BCUT2D eigenvalue weighted by molar-refractivity contribution is 5.84. The van der Waals surface area contributed by atoms with Crippen LogP contribution in [-0.4, -0.2) is 33.1 Å². The van der Waals surface area contributed by atoms with Gasteiger partial charge in [-0.2, -0.15) is 5.10 Å². The Morgan fingerprint density at radius 2 is 2.27 bits per heavy atom. The minimum absolute atomic E-state index is 0.0441. The number of aromatic hydroxyl groups is 1. The number of H-pyrrole nitrogens is 1. The van der Waals surface area contributed by atoms with E-state index in [1.54, 1.807) is 19.1 Å². The molecule has 8 nitrogen and oxygen atoms in total. The van der Waals surface area contributed by atoms with Gasteiger partial charge in [0.15, 0.2) is 0 Å². The van der Waals surface area contributed by atoms with E-state index in [9.17, 15) is 9.90 Å². The number of aromatic amines is 1. The number of phenols is 1. The summed E-state index contributed by atoms with van der Waals surface area (Å²) in [6.45, 7) is 4.15. The summed E-state index contributed by atoms with van der Waals surface area (Å²) < 4.78 is 5.41. The van der Waals surface area contributed by atoms with Crippen LogP contribution in [0.25, 0.3) is 0 Å². The highest BCUT2D eigenvalue weighted by Crippen LogP contribution is 2.22. The molecule has 0 unspecified atom stereocenters. The quantitative estimate of drug-likeness (QED) is 0.549. The van der Waals surface area contributed by atoms with E-state index < -0.39 is 0 Å². The number of rotatable bonds is 6. The Kier molecular flexibility index (Phi) is 5.07. The van der Waals surface area contributed by atoms with Crippen LogP contribution >= 0.6 is 0 Å². The number of nitrogens with zero attached hydrogens (tertiary/aromatic N) is 3. The van der Waals surface area contributed by atoms with Crippen LogP contribution < -0.4 is 15.7 Å². The number of benzene rings is 1. The molecule has 8 heteroatoms. The largest absolute Gasteiger partial charge is 0.507 e. The predicted molar refractivity (Wildman–Crippen MR) is 82.5 cm³/mol. The number of phenolic OH excluding ortho intramolecular Hbond substituents is 1. The van der Waals surface area contributed by atoms with Crippen LogP contribution in [0.3, 0.4) is 0 Å². The Morgan fingerprint density at radius 1 is 1.45 bits per heavy atom. The molecule has 1 aromatic heterocycles. The molecule has 0 aliphatic heterocycles. The Hall–Kier alpha value is -2.90. The zero-order valence-electron chi connectivity index (χ0n) is 12.3. The van der Waals surface area contributed by atoms with Crippen molar-refractivity contribution in [2.75, 3.05) is 12.0 Å². The van der Waals surface area contributed by atoms with E-state index in [2.05, 4.69) is 25.7 Å². The minimum atomic E-state index is -0.340. The van der Waals surface area contributed by atoms with Crippen molar-refractivity contribution in [3.8, 4) is 11.5 Å². The normalized spacial score (nSPS) is 10.8. The highest BCUT2D eigenvalue weighted by Gasteiger charge is 2.02. The van der Waals surface area contributed by atoms with Gasteiger partial charge < -0.3 is 9.84 Å². The van der Waals surface area contributed by atoms with Gasteiger partial charge in [-0.15, -0.1) is 10.2 Å². The number of hydrogen-bond donors (Lipinski definition) is 3. The van der Waals surface area contributed by atoms with Crippen LogP contribution in [0.5, 0.6) is 11.5 Å². The number of aromatic nitrogens is 3. The average molecular weight is 303 g/mol. The molecule has 0 bridgehead atoms. The van der Waals surface area contributed by atoms with Crippen molar-refractivity contribution in [2.24, 2.45) is 5.10 Å². The maximum absolute atomic E-state index is 11.3. The second-order valence-electron chi connectivity index (χ2n) is 4.53. The van der Waals surface area contributed by atoms with Crippen LogP contribution in [0.15, 0.2) is 28.1 Å². The Balaban J connectivity index is 2.03. The molecule has 0 spiro atoms. The van der Waals surface area contributed by atoms with E-state index in [-0.39, 0.29) is 23.0 Å². The summed E-state index contributed by atoms with van der Waals surface area (Å²) >= 11 is 0. The lowest BCUT2D eigenvalue weighted by Gasteiger charge is -2.06. The molecular formula is C14H17N5O3. The highest BCUT2D eigenvalue weighted by atomic mass is 16.5. The maximum atomic E-state index is 11.3. The van der Waals surface area contributed by atoms with E-state index >= 15 is 0 Å². The molecule has 0 aliphatic carbocycles. The first kappa shape index (κ1) is 15.5. The lowest BCUT2D eigenvalue weighted by Crippen LogP contribution is -2.15. The third kappa shape index (κ3) is 4.05. The van der Waals surface area contributed by atoms with E-state index in [0.717, 1.165) is 6.42 Å². The molecule has 0 radical (unpaired) electrons. The first-order valence-corrected chi connectivity index (χ1v) is 6.78. The number of aryl methyl sites for hydroxylation is 1. The number of hydrazone groups is 1. The molecule has 0 saturated heterocycles. The standard InChI is InChI=1S/C14H17N5O3/c1-3-6-22-11-5-4-10(12(20)7-11)8-15-18-14-16-13(21)9(2)17-19-14/h4-5,7-8,20H,3,6H2,1-2H3,(H2,16,18,19,21)/b15-8+. The summed E-state index contributed by atoms with van der Waals surface area (Å²) in [5.74, 6) is 0.759. The molecule has 0 atom stereocenters. The summed E-state index contributed by atoms with van der Waals surface area (Å²) in [7, 11) is 0.